The van der Waals surface area contributed by atoms with Gasteiger partial charge < -0.3 is 4.74 Å². The molecular weight excluding hydrogens is 244 g/mol. The first-order valence-electron chi connectivity index (χ1n) is 4.80. The molecule has 16 heavy (non-hydrogen) atoms. The summed E-state index contributed by atoms with van der Waals surface area (Å²) in [6.45, 7) is 5.53. The molecule has 0 aromatic heterocycles. The van der Waals surface area contributed by atoms with Gasteiger partial charge in [0.25, 0.3) is 0 Å². The Morgan fingerprint density at radius 1 is 1.44 bits per heavy atom. The Balaban J connectivity index is 2.23. The molecule has 86 valence electrons. The predicted octanol–water partition coefficient (Wildman–Crippen LogP) is 3.55. The van der Waals surface area contributed by atoms with E-state index in [4.69, 9.17) is 16.3 Å². The number of esters is 1. The van der Waals surface area contributed by atoms with Crippen LogP contribution in [0.4, 0.5) is 0 Å². The molecule has 0 radical (unpaired) electrons. The van der Waals surface area contributed by atoms with Crippen molar-refractivity contribution in [1.29, 1.82) is 0 Å². The smallest absolute Gasteiger partial charge is 0.333 e. The van der Waals surface area contributed by atoms with E-state index in [1.165, 1.54) is 0 Å². The van der Waals surface area contributed by atoms with Gasteiger partial charge in [0.15, 0.2) is 0 Å². The molecule has 0 aliphatic carbocycles. The molecule has 0 aliphatic rings. The lowest BCUT2D eigenvalue weighted by Gasteiger charge is -2.04. The Kier molecular flexibility index (Phi) is 5.43. The van der Waals surface area contributed by atoms with Crippen molar-refractivity contribution in [2.75, 3.05) is 12.4 Å². The average molecular weight is 257 g/mol. The van der Waals surface area contributed by atoms with Crippen LogP contribution >= 0.6 is 23.4 Å². The zero-order valence-electron chi connectivity index (χ0n) is 9.03. The van der Waals surface area contributed by atoms with E-state index in [-0.39, 0.29) is 5.97 Å². The summed E-state index contributed by atoms with van der Waals surface area (Å²) in [4.78, 5) is 12.2. The number of ether oxygens (including phenoxy) is 1. The molecule has 0 saturated heterocycles. The minimum atomic E-state index is -0.336. The topological polar surface area (TPSA) is 26.3 Å². The first kappa shape index (κ1) is 13.1. The monoisotopic (exact) mass is 256 g/mol. The molecular formula is C12H13ClO2S. The van der Waals surface area contributed by atoms with E-state index in [0.717, 1.165) is 15.7 Å². The molecule has 0 amide bonds. The summed E-state index contributed by atoms with van der Waals surface area (Å²) in [5.41, 5.74) is 0.427. The molecule has 0 saturated carbocycles. The van der Waals surface area contributed by atoms with Gasteiger partial charge in [0, 0.05) is 21.2 Å². The van der Waals surface area contributed by atoms with Crippen molar-refractivity contribution >= 4 is 29.3 Å². The quantitative estimate of drug-likeness (QED) is 0.349. The van der Waals surface area contributed by atoms with Crippen LogP contribution in [0.2, 0.25) is 5.02 Å². The van der Waals surface area contributed by atoms with E-state index in [2.05, 4.69) is 6.58 Å². The number of carbonyl (C=O) groups excluding carboxylic acids is 1. The Labute approximate surface area is 105 Å². The van der Waals surface area contributed by atoms with Crippen LogP contribution in [0.15, 0.2) is 41.3 Å². The van der Waals surface area contributed by atoms with E-state index in [9.17, 15) is 4.79 Å². The van der Waals surface area contributed by atoms with E-state index in [1.54, 1.807) is 18.7 Å². The second kappa shape index (κ2) is 6.61. The molecule has 0 bridgehead atoms. The van der Waals surface area contributed by atoms with Crippen molar-refractivity contribution < 1.29 is 9.53 Å². The summed E-state index contributed by atoms with van der Waals surface area (Å²) in [6, 6.07) is 7.55. The average Bonchev–Trinajstić information content (AvgIpc) is 2.26. The minimum Gasteiger partial charge on any atom is -0.461 e. The highest BCUT2D eigenvalue weighted by Gasteiger charge is 2.02. The lowest BCUT2D eigenvalue weighted by atomic mass is 10.4. The Morgan fingerprint density at radius 3 is 2.62 bits per heavy atom. The summed E-state index contributed by atoms with van der Waals surface area (Å²) >= 11 is 7.38. The van der Waals surface area contributed by atoms with Gasteiger partial charge in [0.2, 0.25) is 0 Å². The maximum atomic E-state index is 11.1. The van der Waals surface area contributed by atoms with Crippen molar-refractivity contribution in [3.63, 3.8) is 0 Å². The van der Waals surface area contributed by atoms with Crippen molar-refractivity contribution in [2.45, 2.75) is 11.8 Å². The molecule has 1 aromatic rings. The summed E-state index contributed by atoms with van der Waals surface area (Å²) in [5.74, 6) is 0.386. The summed E-state index contributed by atoms with van der Waals surface area (Å²) in [6.07, 6.45) is 0. The summed E-state index contributed by atoms with van der Waals surface area (Å²) in [5, 5.41) is 0.720. The highest BCUT2D eigenvalue weighted by Crippen LogP contribution is 2.19. The molecule has 0 unspecified atom stereocenters. The number of thioether (sulfide) groups is 1. The van der Waals surface area contributed by atoms with Crippen molar-refractivity contribution in [2.24, 2.45) is 0 Å². The van der Waals surface area contributed by atoms with Crippen LogP contribution in [0.5, 0.6) is 0 Å². The zero-order chi connectivity index (χ0) is 12.0. The molecule has 1 rings (SSSR count). The first-order chi connectivity index (χ1) is 7.59. The third-order valence-corrected chi connectivity index (χ3v) is 2.98. The van der Waals surface area contributed by atoms with Crippen molar-refractivity contribution in [3.8, 4) is 0 Å². The van der Waals surface area contributed by atoms with E-state index >= 15 is 0 Å². The third kappa shape index (κ3) is 4.73. The number of hydrogen-bond acceptors (Lipinski definition) is 3. The highest BCUT2D eigenvalue weighted by atomic mass is 35.5. The van der Waals surface area contributed by atoms with Gasteiger partial charge in [-0.1, -0.05) is 18.2 Å². The molecule has 0 fully saturated rings. The first-order valence-corrected chi connectivity index (χ1v) is 6.17. The van der Waals surface area contributed by atoms with Crippen LogP contribution in [0.1, 0.15) is 6.92 Å². The Morgan fingerprint density at radius 2 is 2.06 bits per heavy atom. The Bertz CT molecular complexity index is 373. The van der Waals surface area contributed by atoms with Crippen LogP contribution in [0, 0.1) is 0 Å². The lowest BCUT2D eigenvalue weighted by molar-refractivity contribution is -0.138. The second-order valence-electron chi connectivity index (χ2n) is 3.22. The van der Waals surface area contributed by atoms with E-state index < -0.39 is 0 Å². The maximum Gasteiger partial charge on any atom is 0.333 e. The van der Waals surface area contributed by atoms with E-state index in [0.29, 0.717) is 12.2 Å². The SMILES string of the molecule is C=C(C)C(=O)OCCSc1ccc(Cl)cc1. The number of rotatable bonds is 5. The largest absolute Gasteiger partial charge is 0.461 e. The maximum absolute atomic E-state index is 11.1. The third-order valence-electron chi connectivity index (χ3n) is 1.75. The number of carbonyl (C=O) groups is 1. The van der Waals surface area contributed by atoms with E-state index in [1.807, 2.05) is 24.3 Å². The van der Waals surface area contributed by atoms with Crippen molar-refractivity contribution in [3.05, 3.63) is 41.4 Å². The van der Waals surface area contributed by atoms with Gasteiger partial charge in [-0.15, -0.1) is 11.8 Å². The van der Waals surface area contributed by atoms with Crippen LogP contribution < -0.4 is 0 Å². The molecule has 4 heteroatoms. The van der Waals surface area contributed by atoms with Gasteiger partial charge >= 0.3 is 5.97 Å². The summed E-state index contributed by atoms with van der Waals surface area (Å²) < 4.78 is 4.96. The molecule has 0 atom stereocenters. The summed E-state index contributed by atoms with van der Waals surface area (Å²) in [7, 11) is 0. The fourth-order valence-corrected chi connectivity index (χ4v) is 1.80. The van der Waals surface area contributed by atoms with Crippen LogP contribution in [-0.2, 0) is 9.53 Å². The van der Waals surface area contributed by atoms with Gasteiger partial charge in [0.1, 0.15) is 6.61 Å². The number of hydrogen-bond donors (Lipinski definition) is 0. The normalized spacial score (nSPS) is 9.88. The molecule has 2 nitrogen and oxygen atoms in total. The molecule has 0 spiro atoms. The zero-order valence-corrected chi connectivity index (χ0v) is 10.6. The fraction of sp³-hybridized carbons (Fsp3) is 0.250. The van der Waals surface area contributed by atoms with Gasteiger partial charge in [-0.2, -0.15) is 0 Å². The predicted molar refractivity (Wildman–Crippen MR) is 67.9 cm³/mol. The van der Waals surface area contributed by atoms with Crippen LogP contribution in [0.25, 0.3) is 0 Å². The van der Waals surface area contributed by atoms with Gasteiger partial charge in [0.05, 0.1) is 0 Å². The molecule has 0 N–H and O–H groups in total. The van der Waals surface area contributed by atoms with Gasteiger partial charge in [-0.3, -0.25) is 0 Å². The highest BCUT2D eigenvalue weighted by molar-refractivity contribution is 7.99. The van der Waals surface area contributed by atoms with Crippen LogP contribution in [-0.4, -0.2) is 18.3 Å². The molecule has 1 aromatic carbocycles. The van der Waals surface area contributed by atoms with Gasteiger partial charge in [-0.05, 0) is 31.2 Å². The lowest BCUT2D eigenvalue weighted by Crippen LogP contribution is -2.07. The fourth-order valence-electron chi connectivity index (χ4n) is 0.948. The molecule has 0 aliphatic heterocycles. The number of benzene rings is 1. The Hall–Kier alpha value is -0.930. The van der Waals surface area contributed by atoms with Crippen molar-refractivity contribution in [1.82, 2.24) is 0 Å². The standard InChI is InChI=1S/C12H13ClO2S/c1-9(2)12(14)15-7-8-16-11-5-3-10(13)4-6-11/h3-6H,1,7-8H2,2H3. The van der Waals surface area contributed by atoms with Gasteiger partial charge in [-0.25, -0.2) is 4.79 Å². The second-order valence-corrected chi connectivity index (χ2v) is 4.82. The number of halogens is 1. The molecule has 0 heterocycles. The van der Waals surface area contributed by atoms with Crippen LogP contribution in [0.3, 0.4) is 0 Å². The minimum absolute atomic E-state index is 0.336.